The van der Waals surface area contributed by atoms with Crippen LogP contribution in [0.25, 0.3) is 6.08 Å². The van der Waals surface area contributed by atoms with E-state index in [2.05, 4.69) is 4.99 Å². The molecule has 1 N–H and O–H groups in total. The monoisotopic (exact) mass is 386 g/mol. The molecule has 0 saturated carbocycles. The Hall–Kier alpha value is -2.24. The highest BCUT2D eigenvalue weighted by molar-refractivity contribution is 8.18. The SMILES string of the molecule is CCN1C(=O)/C(=C\c2cc(C)c(O)c(C)c2)SC1=Nc1cccc(Cl)c1. The lowest BCUT2D eigenvalue weighted by Gasteiger charge is -2.12. The van der Waals surface area contributed by atoms with Gasteiger partial charge in [-0.25, -0.2) is 4.99 Å². The highest BCUT2D eigenvalue weighted by atomic mass is 35.5. The molecule has 0 bridgehead atoms. The first-order valence-corrected chi connectivity index (χ1v) is 9.44. The summed E-state index contributed by atoms with van der Waals surface area (Å²) < 4.78 is 0. The van der Waals surface area contributed by atoms with E-state index in [1.165, 1.54) is 11.8 Å². The van der Waals surface area contributed by atoms with E-state index >= 15 is 0 Å². The Morgan fingerprint density at radius 2 is 1.92 bits per heavy atom. The quantitative estimate of drug-likeness (QED) is 0.729. The van der Waals surface area contributed by atoms with Gasteiger partial charge in [-0.1, -0.05) is 17.7 Å². The number of nitrogens with zero attached hydrogens (tertiary/aromatic N) is 2. The summed E-state index contributed by atoms with van der Waals surface area (Å²) in [6, 6.07) is 11.0. The molecule has 1 fully saturated rings. The fourth-order valence-electron chi connectivity index (χ4n) is 2.75. The van der Waals surface area contributed by atoms with E-state index in [0.717, 1.165) is 16.7 Å². The maximum Gasteiger partial charge on any atom is 0.266 e. The Balaban J connectivity index is 1.97. The first-order chi connectivity index (χ1) is 12.4. The van der Waals surface area contributed by atoms with Crippen molar-refractivity contribution in [1.29, 1.82) is 0 Å². The third-order valence-corrected chi connectivity index (χ3v) is 5.29. The lowest BCUT2D eigenvalue weighted by Crippen LogP contribution is -2.28. The molecule has 0 aromatic heterocycles. The van der Waals surface area contributed by atoms with Crippen molar-refractivity contribution in [1.82, 2.24) is 4.90 Å². The summed E-state index contributed by atoms with van der Waals surface area (Å²) in [5.74, 6) is 0.220. The van der Waals surface area contributed by atoms with Gasteiger partial charge in [0.1, 0.15) is 5.75 Å². The average molecular weight is 387 g/mol. The number of aliphatic imine (C=N–C) groups is 1. The van der Waals surface area contributed by atoms with Gasteiger partial charge in [-0.2, -0.15) is 0 Å². The largest absolute Gasteiger partial charge is 0.507 e. The number of halogens is 1. The van der Waals surface area contributed by atoms with Gasteiger partial charge in [0.2, 0.25) is 0 Å². The summed E-state index contributed by atoms with van der Waals surface area (Å²) in [5, 5.41) is 11.2. The second-order valence-electron chi connectivity index (χ2n) is 6.04. The van der Waals surface area contributed by atoms with Crippen LogP contribution in [0.4, 0.5) is 5.69 Å². The van der Waals surface area contributed by atoms with Crippen molar-refractivity contribution >= 4 is 46.2 Å². The predicted molar refractivity (Wildman–Crippen MR) is 109 cm³/mol. The third-order valence-electron chi connectivity index (χ3n) is 4.05. The number of amides is 1. The molecule has 1 amide bonds. The van der Waals surface area contributed by atoms with E-state index in [4.69, 9.17) is 11.6 Å². The van der Waals surface area contributed by atoms with Crippen molar-refractivity contribution in [3.8, 4) is 5.75 Å². The van der Waals surface area contributed by atoms with E-state index in [1.807, 2.05) is 51.1 Å². The Bertz CT molecular complexity index is 914. The highest BCUT2D eigenvalue weighted by Gasteiger charge is 2.32. The molecule has 134 valence electrons. The van der Waals surface area contributed by atoms with Crippen molar-refractivity contribution in [2.75, 3.05) is 6.54 Å². The lowest BCUT2D eigenvalue weighted by molar-refractivity contribution is -0.122. The number of aromatic hydroxyl groups is 1. The topological polar surface area (TPSA) is 52.9 Å². The van der Waals surface area contributed by atoms with Gasteiger partial charge in [-0.15, -0.1) is 0 Å². The second-order valence-corrected chi connectivity index (χ2v) is 7.48. The Morgan fingerprint density at radius 1 is 1.23 bits per heavy atom. The molecule has 1 aliphatic rings. The van der Waals surface area contributed by atoms with E-state index < -0.39 is 0 Å². The van der Waals surface area contributed by atoms with E-state index in [9.17, 15) is 9.90 Å². The van der Waals surface area contributed by atoms with Crippen molar-refractivity contribution in [3.05, 3.63) is 63.0 Å². The van der Waals surface area contributed by atoms with Crippen molar-refractivity contribution in [3.63, 3.8) is 0 Å². The first kappa shape index (κ1) is 18.5. The Labute approximate surface area is 162 Å². The molecule has 6 heteroatoms. The molecule has 3 rings (SSSR count). The van der Waals surface area contributed by atoms with Crippen molar-refractivity contribution < 1.29 is 9.90 Å². The number of benzene rings is 2. The van der Waals surface area contributed by atoms with Crippen LogP contribution in [-0.4, -0.2) is 27.6 Å². The number of likely N-dealkylation sites (N-methyl/N-ethyl adjacent to an activating group) is 1. The fraction of sp³-hybridized carbons (Fsp3) is 0.200. The predicted octanol–water partition coefficient (Wildman–Crippen LogP) is 5.29. The average Bonchev–Trinajstić information content (AvgIpc) is 2.87. The molecule has 0 spiro atoms. The standard InChI is InChI=1S/C20H19ClN2O2S/c1-4-23-19(25)17(10-14-8-12(2)18(24)13(3)9-14)26-20(23)22-16-7-5-6-15(21)11-16/h5-11,24H,4H2,1-3H3/b17-10+,22-20?. The number of hydrogen-bond acceptors (Lipinski definition) is 4. The third kappa shape index (κ3) is 3.79. The fourth-order valence-corrected chi connectivity index (χ4v) is 4.00. The maximum absolute atomic E-state index is 12.7. The molecule has 2 aromatic rings. The minimum absolute atomic E-state index is 0.0679. The number of aryl methyl sites for hydroxylation is 2. The molecule has 2 aromatic carbocycles. The number of phenolic OH excluding ortho intramolecular Hbond substituents is 1. The zero-order valence-corrected chi connectivity index (χ0v) is 16.4. The summed E-state index contributed by atoms with van der Waals surface area (Å²) in [5.41, 5.74) is 3.16. The molecule has 0 aliphatic carbocycles. The zero-order valence-electron chi connectivity index (χ0n) is 14.8. The van der Waals surface area contributed by atoms with Crippen LogP contribution >= 0.6 is 23.4 Å². The maximum atomic E-state index is 12.7. The normalized spacial score (nSPS) is 17.5. The van der Waals surface area contributed by atoms with Crippen LogP contribution in [0.3, 0.4) is 0 Å². The molecule has 4 nitrogen and oxygen atoms in total. The number of carbonyl (C=O) groups is 1. The number of phenols is 1. The van der Waals surface area contributed by atoms with Crippen LogP contribution in [0.2, 0.25) is 5.02 Å². The van der Waals surface area contributed by atoms with Crippen LogP contribution < -0.4 is 0 Å². The van der Waals surface area contributed by atoms with Crippen LogP contribution in [0.1, 0.15) is 23.6 Å². The number of rotatable bonds is 3. The van der Waals surface area contributed by atoms with E-state index in [-0.39, 0.29) is 11.7 Å². The van der Waals surface area contributed by atoms with Gasteiger partial charge in [-0.05, 0) is 85.6 Å². The Morgan fingerprint density at radius 3 is 2.54 bits per heavy atom. The van der Waals surface area contributed by atoms with Crippen LogP contribution in [0.15, 0.2) is 46.3 Å². The molecule has 26 heavy (non-hydrogen) atoms. The molecule has 1 saturated heterocycles. The minimum Gasteiger partial charge on any atom is -0.507 e. The molecule has 0 unspecified atom stereocenters. The smallest absolute Gasteiger partial charge is 0.266 e. The van der Waals surface area contributed by atoms with Gasteiger partial charge in [0.25, 0.3) is 5.91 Å². The highest BCUT2D eigenvalue weighted by Crippen LogP contribution is 2.35. The first-order valence-electron chi connectivity index (χ1n) is 8.25. The number of carbonyl (C=O) groups excluding carboxylic acids is 1. The summed E-state index contributed by atoms with van der Waals surface area (Å²) in [6.45, 7) is 6.15. The van der Waals surface area contributed by atoms with Crippen LogP contribution in [0.5, 0.6) is 5.75 Å². The summed E-state index contributed by atoms with van der Waals surface area (Å²) in [4.78, 5) is 19.6. The summed E-state index contributed by atoms with van der Waals surface area (Å²) in [7, 11) is 0. The molecular weight excluding hydrogens is 368 g/mol. The van der Waals surface area contributed by atoms with Gasteiger partial charge < -0.3 is 5.11 Å². The van der Waals surface area contributed by atoms with Gasteiger partial charge in [0, 0.05) is 11.6 Å². The molecule has 0 radical (unpaired) electrons. The lowest BCUT2D eigenvalue weighted by atomic mass is 10.1. The number of hydrogen-bond donors (Lipinski definition) is 1. The molecule has 1 aliphatic heterocycles. The van der Waals surface area contributed by atoms with Gasteiger partial charge in [-0.3, -0.25) is 9.69 Å². The Kier molecular flexibility index (Phi) is 5.39. The number of thioether (sulfide) groups is 1. The second kappa shape index (κ2) is 7.56. The molecular formula is C20H19ClN2O2S. The summed E-state index contributed by atoms with van der Waals surface area (Å²) in [6.07, 6.45) is 1.84. The molecule has 0 atom stereocenters. The molecule has 1 heterocycles. The number of amidine groups is 1. The zero-order chi connectivity index (χ0) is 18.8. The van der Waals surface area contributed by atoms with Crippen molar-refractivity contribution in [2.24, 2.45) is 4.99 Å². The van der Waals surface area contributed by atoms with Crippen LogP contribution in [-0.2, 0) is 4.79 Å². The minimum atomic E-state index is -0.0679. The van der Waals surface area contributed by atoms with E-state index in [0.29, 0.717) is 27.3 Å². The van der Waals surface area contributed by atoms with E-state index in [1.54, 1.807) is 17.0 Å². The van der Waals surface area contributed by atoms with Crippen molar-refractivity contribution in [2.45, 2.75) is 20.8 Å². The van der Waals surface area contributed by atoms with Gasteiger partial charge in [0.15, 0.2) is 5.17 Å². The van der Waals surface area contributed by atoms with Crippen LogP contribution in [0, 0.1) is 13.8 Å². The summed E-state index contributed by atoms with van der Waals surface area (Å²) >= 11 is 7.36. The van der Waals surface area contributed by atoms with Gasteiger partial charge in [0.05, 0.1) is 10.6 Å². The van der Waals surface area contributed by atoms with Gasteiger partial charge >= 0.3 is 0 Å².